The molecule has 0 fully saturated rings. The van der Waals surface area contributed by atoms with Crippen molar-refractivity contribution >= 4 is 17.8 Å². The lowest BCUT2D eigenvalue weighted by Gasteiger charge is -2.10. The van der Waals surface area contributed by atoms with Crippen LogP contribution in [-0.2, 0) is 9.53 Å². The van der Waals surface area contributed by atoms with Crippen molar-refractivity contribution in [3.8, 4) is 0 Å². The van der Waals surface area contributed by atoms with Crippen LogP contribution in [0, 0.1) is 0 Å². The molecule has 2 rings (SSSR count). The number of anilines is 1. The predicted octanol–water partition coefficient (Wildman–Crippen LogP) is 1.57. The summed E-state index contributed by atoms with van der Waals surface area (Å²) in [4.78, 5) is 15.4. The van der Waals surface area contributed by atoms with Gasteiger partial charge in [-0.15, -0.1) is 0 Å². The topological polar surface area (TPSA) is 50.7 Å². The first-order valence-electron chi connectivity index (χ1n) is 4.57. The van der Waals surface area contributed by atoms with E-state index in [1.807, 2.05) is 30.3 Å². The quantitative estimate of drug-likeness (QED) is 0.791. The van der Waals surface area contributed by atoms with Crippen molar-refractivity contribution < 1.29 is 9.53 Å². The van der Waals surface area contributed by atoms with Crippen LogP contribution in [-0.4, -0.2) is 18.7 Å². The highest BCUT2D eigenvalue weighted by Crippen LogP contribution is 2.09. The Balaban J connectivity index is 2.04. The second-order valence-electron chi connectivity index (χ2n) is 2.96. The number of hydrogen-bond acceptors (Lipinski definition) is 3. The van der Waals surface area contributed by atoms with Crippen molar-refractivity contribution in [2.45, 2.75) is 0 Å². The summed E-state index contributed by atoms with van der Waals surface area (Å²) in [6.07, 6.45) is 3.00. The third kappa shape index (κ3) is 2.43. The number of hydrogen-bond donors (Lipinski definition) is 1. The van der Waals surface area contributed by atoms with Crippen molar-refractivity contribution in [1.82, 2.24) is 0 Å². The molecule has 15 heavy (non-hydrogen) atoms. The molecule has 4 heteroatoms. The molecule has 1 aliphatic heterocycles. The van der Waals surface area contributed by atoms with Gasteiger partial charge in [0.15, 0.2) is 0 Å². The molecular formula is C11H10N2O2. The summed E-state index contributed by atoms with van der Waals surface area (Å²) in [5, 5.41) is 2.71. The fraction of sp³-hybridized carbons (Fsp3) is 0.0909. The minimum absolute atomic E-state index is 0.237. The van der Waals surface area contributed by atoms with Crippen LogP contribution in [0.25, 0.3) is 0 Å². The van der Waals surface area contributed by atoms with E-state index in [1.165, 1.54) is 6.20 Å². The van der Waals surface area contributed by atoms with Gasteiger partial charge in [0.25, 0.3) is 5.91 Å². The van der Waals surface area contributed by atoms with Crippen molar-refractivity contribution in [2.75, 3.05) is 11.9 Å². The fourth-order valence-corrected chi connectivity index (χ4v) is 1.17. The van der Waals surface area contributed by atoms with Gasteiger partial charge >= 0.3 is 0 Å². The Morgan fingerprint density at radius 2 is 2.13 bits per heavy atom. The smallest absolute Gasteiger partial charge is 0.292 e. The molecule has 1 N–H and O–H groups in total. The fourth-order valence-electron chi connectivity index (χ4n) is 1.17. The van der Waals surface area contributed by atoms with Crippen LogP contribution in [0.5, 0.6) is 0 Å². The molecule has 0 atom stereocenters. The Morgan fingerprint density at radius 3 is 2.80 bits per heavy atom. The number of para-hydroxylation sites is 1. The summed E-state index contributed by atoms with van der Waals surface area (Å²) < 4.78 is 5.11. The molecule has 0 unspecified atom stereocenters. The van der Waals surface area contributed by atoms with E-state index in [4.69, 9.17) is 4.74 Å². The molecule has 0 saturated carbocycles. The van der Waals surface area contributed by atoms with E-state index in [2.05, 4.69) is 10.3 Å². The van der Waals surface area contributed by atoms with Gasteiger partial charge in [-0.1, -0.05) is 18.2 Å². The highest BCUT2D eigenvalue weighted by Gasteiger charge is 2.12. The monoisotopic (exact) mass is 202 g/mol. The van der Waals surface area contributed by atoms with E-state index in [-0.39, 0.29) is 11.7 Å². The van der Waals surface area contributed by atoms with Crippen molar-refractivity contribution in [3.05, 3.63) is 42.3 Å². The minimum atomic E-state index is -0.280. The van der Waals surface area contributed by atoms with Gasteiger partial charge in [-0.2, -0.15) is 0 Å². The minimum Gasteiger partial charge on any atom is -0.481 e. The van der Waals surface area contributed by atoms with E-state index in [0.717, 1.165) is 5.69 Å². The molecule has 0 spiro atoms. The zero-order chi connectivity index (χ0) is 10.5. The summed E-state index contributed by atoms with van der Waals surface area (Å²) in [5.41, 5.74) is 0.738. The Kier molecular flexibility index (Phi) is 2.78. The van der Waals surface area contributed by atoms with E-state index in [0.29, 0.717) is 6.61 Å². The predicted molar refractivity (Wildman–Crippen MR) is 57.6 cm³/mol. The van der Waals surface area contributed by atoms with Gasteiger partial charge in [-0.05, 0) is 12.1 Å². The second-order valence-corrected chi connectivity index (χ2v) is 2.96. The standard InChI is InChI=1S/C11H10N2O2/c14-11(10-8-12-6-7-15-10)13-9-4-2-1-3-5-9/h1-6,8H,7H2,(H,13,14). The summed E-state index contributed by atoms with van der Waals surface area (Å²) >= 11 is 0. The Hall–Kier alpha value is -2.10. The number of nitrogens with one attached hydrogen (secondary N) is 1. The molecule has 4 nitrogen and oxygen atoms in total. The first-order valence-corrected chi connectivity index (χ1v) is 4.57. The van der Waals surface area contributed by atoms with Crippen LogP contribution in [0.15, 0.2) is 47.3 Å². The van der Waals surface area contributed by atoms with Gasteiger partial charge in [-0.25, -0.2) is 0 Å². The lowest BCUT2D eigenvalue weighted by atomic mass is 10.3. The maximum absolute atomic E-state index is 11.6. The highest BCUT2D eigenvalue weighted by molar-refractivity contribution is 6.02. The maximum atomic E-state index is 11.6. The summed E-state index contributed by atoms with van der Waals surface area (Å²) in [7, 11) is 0. The van der Waals surface area contributed by atoms with Crippen molar-refractivity contribution in [1.29, 1.82) is 0 Å². The second kappa shape index (κ2) is 4.41. The highest BCUT2D eigenvalue weighted by atomic mass is 16.5. The number of benzene rings is 1. The largest absolute Gasteiger partial charge is 0.481 e. The van der Waals surface area contributed by atoms with E-state index in [1.54, 1.807) is 6.21 Å². The van der Waals surface area contributed by atoms with Gasteiger partial charge in [0.1, 0.15) is 6.61 Å². The first kappa shape index (κ1) is 9.45. The molecular weight excluding hydrogens is 192 g/mol. The summed E-state index contributed by atoms with van der Waals surface area (Å²) in [6.45, 7) is 0.341. The average Bonchev–Trinajstić information content (AvgIpc) is 2.31. The number of nitrogens with zero attached hydrogens (tertiary/aromatic N) is 1. The zero-order valence-electron chi connectivity index (χ0n) is 8.01. The Bertz CT molecular complexity index is 410. The van der Waals surface area contributed by atoms with Crippen LogP contribution >= 0.6 is 0 Å². The van der Waals surface area contributed by atoms with E-state index >= 15 is 0 Å². The van der Waals surface area contributed by atoms with Crippen LogP contribution in [0.4, 0.5) is 5.69 Å². The van der Waals surface area contributed by atoms with E-state index < -0.39 is 0 Å². The van der Waals surface area contributed by atoms with Gasteiger partial charge in [0.2, 0.25) is 5.76 Å². The molecule has 1 heterocycles. The molecule has 1 amide bonds. The molecule has 0 aromatic heterocycles. The number of carbonyl (C=O) groups is 1. The van der Waals surface area contributed by atoms with E-state index in [9.17, 15) is 4.79 Å². The van der Waals surface area contributed by atoms with Gasteiger partial charge in [0.05, 0.1) is 6.20 Å². The Labute approximate surface area is 87.3 Å². The summed E-state index contributed by atoms with van der Waals surface area (Å²) in [5.74, 6) is -0.0422. The molecule has 0 saturated heterocycles. The average molecular weight is 202 g/mol. The maximum Gasteiger partial charge on any atom is 0.292 e. The third-order valence-electron chi connectivity index (χ3n) is 1.87. The first-order chi connectivity index (χ1) is 7.36. The van der Waals surface area contributed by atoms with Crippen LogP contribution in [0.1, 0.15) is 0 Å². The SMILES string of the molecule is O=C(Nc1ccccc1)C1=CN=CCO1. The Morgan fingerprint density at radius 1 is 1.33 bits per heavy atom. The normalized spacial score (nSPS) is 14.0. The van der Waals surface area contributed by atoms with Crippen molar-refractivity contribution in [2.24, 2.45) is 4.99 Å². The van der Waals surface area contributed by atoms with Crippen molar-refractivity contribution in [3.63, 3.8) is 0 Å². The number of amides is 1. The van der Waals surface area contributed by atoms with Gasteiger partial charge < -0.3 is 10.1 Å². The number of aliphatic imine (C=N–C) groups is 1. The lowest BCUT2D eigenvalue weighted by Crippen LogP contribution is -2.18. The van der Waals surface area contributed by atoms with Crippen LogP contribution < -0.4 is 5.32 Å². The molecule has 0 radical (unpaired) electrons. The number of rotatable bonds is 2. The molecule has 1 aromatic rings. The molecule has 0 bridgehead atoms. The molecule has 76 valence electrons. The van der Waals surface area contributed by atoms with Crippen LogP contribution in [0.3, 0.4) is 0 Å². The lowest BCUT2D eigenvalue weighted by molar-refractivity contribution is -0.115. The van der Waals surface area contributed by atoms with Gasteiger partial charge in [0, 0.05) is 11.9 Å². The molecule has 1 aliphatic rings. The molecule has 0 aliphatic carbocycles. The number of ether oxygens (including phenoxy) is 1. The van der Waals surface area contributed by atoms with Crippen LogP contribution in [0.2, 0.25) is 0 Å². The molecule has 1 aromatic carbocycles. The summed E-state index contributed by atoms with van der Waals surface area (Å²) in [6, 6.07) is 9.21. The zero-order valence-corrected chi connectivity index (χ0v) is 8.01. The third-order valence-corrected chi connectivity index (χ3v) is 1.87. The van der Waals surface area contributed by atoms with Gasteiger partial charge in [-0.3, -0.25) is 9.79 Å². The number of carbonyl (C=O) groups excluding carboxylic acids is 1.